The second kappa shape index (κ2) is 9.85. The predicted molar refractivity (Wildman–Crippen MR) is 96.2 cm³/mol. The molecule has 0 saturated heterocycles. The normalized spacial score (nSPS) is 12.1. The number of hydrogen-bond donors (Lipinski definition) is 1. The van der Waals surface area contributed by atoms with Crippen molar-refractivity contribution in [1.82, 2.24) is 4.90 Å². The van der Waals surface area contributed by atoms with Crippen LogP contribution in [0.25, 0.3) is 0 Å². The standard InChI is InChI=1S/C20H26N2O2/c1-24-20(23)19(21)13-8-14-22(15-17-9-4-2-5-10-17)16-18-11-6-3-7-12-18/h2-7,9-12,19H,8,13-16,21H2,1H3/t19-/m0/s1. The molecule has 0 aliphatic heterocycles. The van der Waals surface area contributed by atoms with Gasteiger partial charge in [0.05, 0.1) is 7.11 Å². The van der Waals surface area contributed by atoms with Crippen LogP contribution in [0, 0.1) is 0 Å². The molecule has 0 spiro atoms. The van der Waals surface area contributed by atoms with Gasteiger partial charge in [0.25, 0.3) is 0 Å². The molecule has 1 atom stereocenters. The lowest BCUT2D eigenvalue weighted by atomic mass is 10.1. The molecule has 4 nitrogen and oxygen atoms in total. The highest BCUT2D eigenvalue weighted by Crippen LogP contribution is 2.11. The SMILES string of the molecule is COC(=O)[C@@H](N)CCCN(Cc1ccccc1)Cc1ccccc1. The Labute approximate surface area is 144 Å². The van der Waals surface area contributed by atoms with Crippen LogP contribution in [0.1, 0.15) is 24.0 Å². The van der Waals surface area contributed by atoms with Crippen molar-refractivity contribution >= 4 is 5.97 Å². The number of benzene rings is 2. The van der Waals surface area contributed by atoms with E-state index in [0.29, 0.717) is 6.42 Å². The fraction of sp³-hybridized carbons (Fsp3) is 0.350. The molecule has 0 aromatic heterocycles. The summed E-state index contributed by atoms with van der Waals surface area (Å²) in [6.07, 6.45) is 1.49. The summed E-state index contributed by atoms with van der Waals surface area (Å²) >= 11 is 0. The third-order valence-electron chi connectivity index (χ3n) is 3.99. The average Bonchev–Trinajstić information content (AvgIpc) is 2.62. The van der Waals surface area contributed by atoms with E-state index in [4.69, 9.17) is 5.73 Å². The van der Waals surface area contributed by atoms with Crippen LogP contribution in [0.2, 0.25) is 0 Å². The van der Waals surface area contributed by atoms with Gasteiger partial charge in [-0.15, -0.1) is 0 Å². The highest BCUT2D eigenvalue weighted by atomic mass is 16.5. The average molecular weight is 326 g/mol. The van der Waals surface area contributed by atoms with E-state index < -0.39 is 6.04 Å². The van der Waals surface area contributed by atoms with Crippen molar-refractivity contribution in [2.75, 3.05) is 13.7 Å². The Morgan fingerprint density at radius 3 is 1.96 bits per heavy atom. The van der Waals surface area contributed by atoms with Crippen LogP contribution >= 0.6 is 0 Å². The lowest BCUT2D eigenvalue weighted by Crippen LogP contribution is -2.33. The van der Waals surface area contributed by atoms with Gasteiger partial charge >= 0.3 is 5.97 Å². The summed E-state index contributed by atoms with van der Waals surface area (Å²) in [6.45, 7) is 2.64. The van der Waals surface area contributed by atoms with Crippen molar-refractivity contribution in [3.8, 4) is 0 Å². The van der Waals surface area contributed by atoms with Crippen molar-refractivity contribution in [2.24, 2.45) is 5.73 Å². The Morgan fingerprint density at radius 1 is 1.00 bits per heavy atom. The molecule has 0 heterocycles. The first kappa shape index (κ1) is 18.2. The van der Waals surface area contributed by atoms with E-state index in [-0.39, 0.29) is 5.97 Å². The first-order valence-electron chi connectivity index (χ1n) is 8.32. The van der Waals surface area contributed by atoms with E-state index in [9.17, 15) is 4.79 Å². The van der Waals surface area contributed by atoms with Gasteiger partial charge in [0.2, 0.25) is 0 Å². The zero-order valence-corrected chi connectivity index (χ0v) is 14.2. The molecule has 2 aromatic rings. The maximum absolute atomic E-state index is 11.4. The minimum absolute atomic E-state index is 0.340. The molecular weight excluding hydrogens is 300 g/mol. The quantitative estimate of drug-likeness (QED) is 0.720. The largest absolute Gasteiger partial charge is 0.468 e. The zero-order chi connectivity index (χ0) is 17.2. The first-order valence-corrected chi connectivity index (χ1v) is 8.32. The Bertz CT molecular complexity index is 560. The number of rotatable bonds is 9. The van der Waals surface area contributed by atoms with E-state index in [1.807, 2.05) is 12.1 Å². The zero-order valence-electron chi connectivity index (χ0n) is 14.2. The maximum Gasteiger partial charge on any atom is 0.322 e. The van der Waals surface area contributed by atoms with Crippen LogP contribution in [0.15, 0.2) is 60.7 Å². The molecule has 0 fully saturated rings. The monoisotopic (exact) mass is 326 g/mol. The highest BCUT2D eigenvalue weighted by molar-refractivity contribution is 5.75. The topological polar surface area (TPSA) is 55.6 Å². The Kier molecular flexibility index (Phi) is 7.46. The van der Waals surface area contributed by atoms with Crippen LogP contribution in [-0.2, 0) is 22.6 Å². The molecule has 0 unspecified atom stereocenters. The second-order valence-corrected chi connectivity index (χ2v) is 5.95. The van der Waals surface area contributed by atoms with Crippen molar-refractivity contribution in [2.45, 2.75) is 32.0 Å². The molecular formula is C20H26N2O2. The lowest BCUT2D eigenvalue weighted by Gasteiger charge is -2.23. The number of ether oxygens (including phenoxy) is 1. The minimum atomic E-state index is -0.537. The van der Waals surface area contributed by atoms with Gasteiger partial charge < -0.3 is 10.5 Å². The summed E-state index contributed by atoms with van der Waals surface area (Å²) in [5.41, 5.74) is 8.39. The number of nitrogens with two attached hydrogens (primary N) is 1. The second-order valence-electron chi connectivity index (χ2n) is 5.95. The number of esters is 1. The van der Waals surface area contributed by atoms with Crippen molar-refractivity contribution in [3.63, 3.8) is 0 Å². The maximum atomic E-state index is 11.4. The van der Waals surface area contributed by atoms with Crippen LogP contribution in [0.5, 0.6) is 0 Å². The van der Waals surface area contributed by atoms with Gasteiger partial charge in [0.1, 0.15) is 6.04 Å². The number of methoxy groups -OCH3 is 1. The molecule has 0 radical (unpaired) electrons. The number of carbonyl (C=O) groups excluding carboxylic acids is 1. The third-order valence-corrected chi connectivity index (χ3v) is 3.99. The Balaban J connectivity index is 1.93. The summed E-state index contributed by atoms with van der Waals surface area (Å²) in [7, 11) is 1.37. The fourth-order valence-electron chi connectivity index (χ4n) is 2.70. The van der Waals surface area contributed by atoms with Crippen molar-refractivity contribution < 1.29 is 9.53 Å². The molecule has 2 aromatic carbocycles. The van der Waals surface area contributed by atoms with Gasteiger partial charge in [0, 0.05) is 13.1 Å². The molecule has 128 valence electrons. The Morgan fingerprint density at radius 2 is 1.50 bits per heavy atom. The first-order chi connectivity index (χ1) is 11.7. The van der Waals surface area contributed by atoms with Gasteiger partial charge in [-0.3, -0.25) is 9.69 Å². The van der Waals surface area contributed by atoms with Crippen LogP contribution < -0.4 is 5.73 Å². The van der Waals surface area contributed by atoms with Crippen LogP contribution in [-0.4, -0.2) is 30.6 Å². The summed E-state index contributed by atoms with van der Waals surface area (Å²) in [4.78, 5) is 13.8. The summed E-state index contributed by atoms with van der Waals surface area (Å²) in [6, 6.07) is 20.3. The number of carbonyl (C=O) groups is 1. The van der Waals surface area contributed by atoms with Gasteiger partial charge in [-0.2, -0.15) is 0 Å². The van der Waals surface area contributed by atoms with E-state index in [1.165, 1.54) is 18.2 Å². The summed E-state index contributed by atoms with van der Waals surface area (Å²) in [5.74, 6) is -0.340. The summed E-state index contributed by atoms with van der Waals surface area (Å²) in [5, 5.41) is 0. The number of nitrogens with zero attached hydrogens (tertiary/aromatic N) is 1. The Hall–Kier alpha value is -2.17. The van der Waals surface area contributed by atoms with Gasteiger partial charge in [-0.25, -0.2) is 0 Å². The van der Waals surface area contributed by atoms with E-state index in [1.54, 1.807) is 0 Å². The molecule has 0 aliphatic rings. The molecule has 2 N–H and O–H groups in total. The minimum Gasteiger partial charge on any atom is -0.468 e. The molecule has 2 rings (SSSR count). The molecule has 0 aliphatic carbocycles. The molecule has 0 amide bonds. The third kappa shape index (κ3) is 6.14. The van der Waals surface area contributed by atoms with Gasteiger partial charge in [0.15, 0.2) is 0 Å². The lowest BCUT2D eigenvalue weighted by molar-refractivity contribution is -0.142. The van der Waals surface area contributed by atoms with Crippen molar-refractivity contribution in [1.29, 1.82) is 0 Å². The predicted octanol–water partition coefficient (Wildman–Crippen LogP) is 2.97. The van der Waals surface area contributed by atoms with E-state index in [2.05, 4.69) is 58.2 Å². The fourth-order valence-corrected chi connectivity index (χ4v) is 2.70. The van der Waals surface area contributed by atoms with Crippen LogP contribution in [0.3, 0.4) is 0 Å². The highest BCUT2D eigenvalue weighted by Gasteiger charge is 2.14. The van der Waals surface area contributed by atoms with E-state index >= 15 is 0 Å². The molecule has 24 heavy (non-hydrogen) atoms. The smallest absolute Gasteiger partial charge is 0.322 e. The molecule has 0 bridgehead atoms. The van der Waals surface area contributed by atoms with E-state index in [0.717, 1.165) is 26.1 Å². The number of hydrogen-bond acceptors (Lipinski definition) is 4. The van der Waals surface area contributed by atoms with Crippen molar-refractivity contribution in [3.05, 3.63) is 71.8 Å². The van der Waals surface area contributed by atoms with Gasteiger partial charge in [-0.1, -0.05) is 60.7 Å². The van der Waals surface area contributed by atoms with Gasteiger partial charge in [-0.05, 0) is 30.5 Å². The molecule has 4 heteroatoms. The molecule has 0 saturated carbocycles. The van der Waals surface area contributed by atoms with Crippen LogP contribution in [0.4, 0.5) is 0 Å². The summed E-state index contributed by atoms with van der Waals surface area (Å²) < 4.78 is 4.68.